The van der Waals surface area contributed by atoms with E-state index in [0.29, 0.717) is 0 Å². The lowest BCUT2D eigenvalue weighted by Gasteiger charge is -1.90. The molecule has 0 amide bonds. The van der Waals surface area contributed by atoms with E-state index < -0.39 is 0 Å². The molecule has 0 aliphatic carbocycles. The predicted octanol–water partition coefficient (Wildman–Crippen LogP) is 2.06. The number of aromatic nitrogens is 1. The molecule has 0 aliphatic heterocycles. The normalized spacial score (nSPS) is 8.83. The smallest absolute Gasteiger partial charge is 0.0428 e. The van der Waals surface area contributed by atoms with Gasteiger partial charge in [-0.2, -0.15) is 12.6 Å². The fourth-order valence-electron chi connectivity index (χ4n) is 0.762. The number of hydrogen-bond donors (Lipinski definition) is 1. The molecule has 0 saturated carbocycles. The highest BCUT2D eigenvalue weighted by atomic mass is 32.1. The summed E-state index contributed by atoms with van der Waals surface area (Å²) in [7, 11) is 0. The molecule has 1 heterocycles. The van der Waals surface area contributed by atoms with Gasteiger partial charge in [-0.05, 0) is 19.1 Å². The van der Waals surface area contributed by atoms with Gasteiger partial charge in [0, 0.05) is 29.6 Å². The highest BCUT2D eigenvalue weighted by Crippen LogP contribution is 1.96. The van der Waals surface area contributed by atoms with Crippen molar-refractivity contribution < 1.29 is 0 Å². The Morgan fingerprint density at radius 1 is 1.50 bits per heavy atom. The molecule has 0 radical (unpaired) electrons. The van der Waals surface area contributed by atoms with Crippen LogP contribution in [0, 0.1) is 18.8 Å². The van der Waals surface area contributed by atoms with Gasteiger partial charge in [0.05, 0.1) is 0 Å². The van der Waals surface area contributed by atoms with Crippen molar-refractivity contribution in [3.8, 4) is 11.8 Å². The van der Waals surface area contributed by atoms with Crippen LogP contribution in [0.4, 0.5) is 0 Å². The molecule has 0 aromatic carbocycles. The second-order valence-corrected chi connectivity index (χ2v) is 2.91. The van der Waals surface area contributed by atoms with Gasteiger partial charge >= 0.3 is 0 Å². The first-order valence-electron chi connectivity index (χ1n) is 3.85. The van der Waals surface area contributed by atoms with Crippen LogP contribution in [-0.4, -0.2) is 10.7 Å². The second-order valence-electron chi connectivity index (χ2n) is 2.46. The van der Waals surface area contributed by atoms with Gasteiger partial charge in [-0.25, -0.2) is 0 Å². The van der Waals surface area contributed by atoms with Crippen LogP contribution in [0.5, 0.6) is 0 Å². The van der Waals surface area contributed by atoms with Gasteiger partial charge in [0.25, 0.3) is 0 Å². The van der Waals surface area contributed by atoms with Crippen LogP contribution in [0.25, 0.3) is 0 Å². The Bertz CT molecular complexity index is 292. The molecule has 12 heavy (non-hydrogen) atoms. The summed E-state index contributed by atoms with van der Waals surface area (Å²) in [5.74, 6) is 6.83. The van der Waals surface area contributed by atoms with Gasteiger partial charge in [-0.15, -0.1) is 0 Å². The lowest BCUT2D eigenvalue weighted by atomic mass is 10.2. The summed E-state index contributed by atoms with van der Waals surface area (Å²) in [6.07, 6.45) is 2.62. The number of rotatable bonds is 1. The van der Waals surface area contributed by atoms with Gasteiger partial charge in [0.1, 0.15) is 0 Å². The van der Waals surface area contributed by atoms with Crippen molar-refractivity contribution in [2.24, 2.45) is 0 Å². The van der Waals surface area contributed by atoms with Gasteiger partial charge in [0.15, 0.2) is 0 Å². The molecule has 0 fully saturated rings. The highest BCUT2D eigenvalue weighted by Gasteiger charge is 1.85. The Hall–Kier alpha value is -0.940. The minimum atomic E-state index is 0.812. The Morgan fingerprint density at radius 3 is 2.92 bits per heavy atom. The molecule has 0 saturated heterocycles. The van der Waals surface area contributed by atoms with E-state index in [0.717, 1.165) is 23.4 Å². The summed E-state index contributed by atoms with van der Waals surface area (Å²) < 4.78 is 0. The zero-order valence-electron chi connectivity index (χ0n) is 7.04. The number of aryl methyl sites for hydroxylation is 1. The fraction of sp³-hybridized carbons (Fsp3) is 0.300. The largest absolute Gasteiger partial charge is 0.260 e. The minimum absolute atomic E-state index is 0.812. The molecule has 1 rings (SSSR count). The van der Waals surface area contributed by atoms with Crippen molar-refractivity contribution in [2.45, 2.75) is 13.3 Å². The topological polar surface area (TPSA) is 12.9 Å². The zero-order valence-corrected chi connectivity index (χ0v) is 7.94. The predicted molar refractivity (Wildman–Crippen MR) is 54.3 cm³/mol. The summed E-state index contributed by atoms with van der Waals surface area (Å²) in [5, 5.41) is 0. The minimum Gasteiger partial charge on any atom is -0.260 e. The fourth-order valence-corrected chi connectivity index (χ4v) is 0.874. The third kappa shape index (κ3) is 2.98. The Labute approximate surface area is 78.6 Å². The number of nitrogens with zero attached hydrogens (tertiary/aromatic N) is 1. The molecule has 0 N–H and O–H groups in total. The number of thiol groups is 1. The lowest BCUT2D eigenvalue weighted by Crippen LogP contribution is -1.81. The first-order valence-corrected chi connectivity index (χ1v) is 4.48. The standard InChI is InChI=1S/C10H11NS/c1-9-5-6-10(8-11-9)4-2-3-7-12/h5-6,8,12H,3,7H2,1H3. The van der Waals surface area contributed by atoms with Gasteiger partial charge in [-0.3, -0.25) is 4.98 Å². The van der Waals surface area contributed by atoms with E-state index >= 15 is 0 Å². The van der Waals surface area contributed by atoms with Crippen molar-refractivity contribution in [3.05, 3.63) is 29.6 Å². The van der Waals surface area contributed by atoms with Crippen molar-refractivity contribution in [1.82, 2.24) is 4.98 Å². The van der Waals surface area contributed by atoms with E-state index in [1.54, 1.807) is 6.20 Å². The van der Waals surface area contributed by atoms with Crippen LogP contribution in [0.1, 0.15) is 17.7 Å². The third-order valence-corrected chi connectivity index (χ3v) is 1.60. The van der Waals surface area contributed by atoms with E-state index in [1.807, 2.05) is 19.1 Å². The molecule has 62 valence electrons. The first kappa shape index (κ1) is 9.15. The molecule has 0 bridgehead atoms. The number of pyridine rings is 1. The van der Waals surface area contributed by atoms with Crippen LogP contribution in [0.3, 0.4) is 0 Å². The van der Waals surface area contributed by atoms with Crippen LogP contribution >= 0.6 is 12.6 Å². The summed E-state index contributed by atoms with van der Waals surface area (Å²) in [5.41, 5.74) is 2.00. The molecule has 0 aliphatic rings. The summed E-state index contributed by atoms with van der Waals surface area (Å²) in [6, 6.07) is 3.94. The maximum atomic E-state index is 4.14. The van der Waals surface area contributed by atoms with Crippen LogP contribution in [-0.2, 0) is 0 Å². The Balaban J connectivity index is 2.66. The summed E-state index contributed by atoms with van der Waals surface area (Å²) >= 11 is 4.07. The molecule has 1 aromatic rings. The van der Waals surface area contributed by atoms with Gasteiger partial charge in [-0.1, -0.05) is 11.8 Å². The quantitative estimate of drug-likeness (QED) is 0.512. The third-order valence-electron chi connectivity index (χ3n) is 1.38. The maximum absolute atomic E-state index is 4.14. The van der Waals surface area contributed by atoms with E-state index in [1.165, 1.54) is 0 Å². The zero-order chi connectivity index (χ0) is 8.81. The van der Waals surface area contributed by atoms with Gasteiger partial charge < -0.3 is 0 Å². The molecule has 0 atom stereocenters. The van der Waals surface area contributed by atoms with Crippen LogP contribution < -0.4 is 0 Å². The SMILES string of the molecule is Cc1ccc(C#CCCS)cn1. The second kappa shape index (κ2) is 4.84. The van der Waals surface area contributed by atoms with E-state index in [4.69, 9.17) is 0 Å². The van der Waals surface area contributed by atoms with Gasteiger partial charge in [0.2, 0.25) is 0 Å². The highest BCUT2D eigenvalue weighted by molar-refractivity contribution is 7.80. The summed E-state index contributed by atoms with van der Waals surface area (Å²) in [6.45, 7) is 1.96. The maximum Gasteiger partial charge on any atom is 0.0428 e. The van der Waals surface area contributed by atoms with Crippen molar-refractivity contribution >= 4 is 12.6 Å². The van der Waals surface area contributed by atoms with E-state index in [-0.39, 0.29) is 0 Å². The molecule has 0 spiro atoms. The molecule has 2 heteroatoms. The monoisotopic (exact) mass is 177 g/mol. The first-order chi connectivity index (χ1) is 5.83. The van der Waals surface area contributed by atoms with Crippen molar-refractivity contribution in [3.63, 3.8) is 0 Å². The number of hydrogen-bond acceptors (Lipinski definition) is 2. The Morgan fingerprint density at radius 2 is 2.33 bits per heavy atom. The van der Waals surface area contributed by atoms with E-state index in [2.05, 4.69) is 29.5 Å². The average Bonchev–Trinajstić information content (AvgIpc) is 2.09. The molecule has 0 unspecified atom stereocenters. The van der Waals surface area contributed by atoms with Crippen LogP contribution in [0.15, 0.2) is 18.3 Å². The van der Waals surface area contributed by atoms with Crippen molar-refractivity contribution in [2.75, 3.05) is 5.75 Å². The van der Waals surface area contributed by atoms with Crippen molar-refractivity contribution in [1.29, 1.82) is 0 Å². The molecular weight excluding hydrogens is 166 g/mol. The molecular formula is C10H11NS. The average molecular weight is 177 g/mol. The van der Waals surface area contributed by atoms with Crippen LogP contribution in [0.2, 0.25) is 0 Å². The summed E-state index contributed by atoms with van der Waals surface area (Å²) in [4.78, 5) is 4.14. The Kier molecular flexibility index (Phi) is 3.69. The van der Waals surface area contributed by atoms with E-state index in [9.17, 15) is 0 Å². The molecule has 1 nitrogen and oxygen atoms in total. The molecule has 1 aromatic heterocycles. The lowest BCUT2D eigenvalue weighted by molar-refractivity contribution is 1.19.